The van der Waals surface area contributed by atoms with Gasteiger partial charge in [-0.15, -0.1) is 6.42 Å². The zero-order chi connectivity index (χ0) is 29.9. The van der Waals surface area contributed by atoms with Crippen molar-refractivity contribution in [3.05, 3.63) is 66.2 Å². The number of rotatable bonds is 11. The molecule has 2 aromatic rings. The number of nitrogens with zero attached hydrogens (tertiary/aromatic N) is 2. The maximum absolute atomic E-state index is 12.9. The first kappa shape index (κ1) is 30.7. The lowest BCUT2D eigenvalue weighted by molar-refractivity contribution is -0.0701. The van der Waals surface area contributed by atoms with Gasteiger partial charge in [0.15, 0.2) is 12.5 Å². The first-order valence-corrected chi connectivity index (χ1v) is 13.5. The highest BCUT2D eigenvalue weighted by Gasteiger charge is 2.51. The van der Waals surface area contributed by atoms with E-state index in [0.29, 0.717) is 0 Å². The van der Waals surface area contributed by atoms with Crippen molar-refractivity contribution in [1.82, 2.24) is 19.1 Å². The van der Waals surface area contributed by atoms with E-state index in [0.717, 1.165) is 33.7 Å². The van der Waals surface area contributed by atoms with Crippen molar-refractivity contribution < 1.29 is 47.7 Å². The summed E-state index contributed by atoms with van der Waals surface area (Å²) in [4.78, 5) is 62.0. The lowest BCUT2D eigenvalue weighted by atomic mass is 10.1. The number of aliphatic hydroxyl groups excluding tert-OH is 2. The van der Waals surface area contributed by atoms with Crippen LogP contribution in [0.2, 0.25) is 0 Å². The molecule has 41 heavy (non-hydrogen) atoms. The molecule has 0 saturated carbocycles. The number of phosphoric ester groups is 1. The minimum Gasteiger partial charge on any atom is -0.394 e. The Bertz CT molecular complexity index is 1540. The largest absolute Gasteiger partial charge is 0.472 e. The van der Waals surface area contributed by atoms with E-state index in [4.69, 9.17) is 34.4 Å². The number of hydrogen-bond donors (Lipinski definition) is 5. The molecular formula is C22H27N4O14P. The monoisotopic (exact) mass is 602 g/mol. The zero-order valence-corrected chi connectivity index (χ0v) is 22.2. The third-order valence-corrected chi connectivity index (χ3v) is 7.30. The molecule has 0 radical (unpaired) electrons. The number of aromatic amines is 2. The molecule has 2 aromatic heterocycles. The molecule has 9 atom stereocenters. The fourth-order valence-electron chi connectivity index (χ4n) is 4.47. The Labute approximate surface area is 229 Å². The topological polar surface area (TPSA) is 243 Å². The average Bonchev–Trinajstić information content (AvgIpc) is 3.42. The molecule has 2 fully saturated rings. The second kappa shape index (κ2) is 12.8. The van der Waals surface area contributed by atoms with Crippen LogP contribution >= 0.6 is 7.82 Å². The fraction of sp³-hybridized carbons (Fsp3) is 0.545. The van der Waals surface area contributed by atoms with Gasteiger partial charge in [0.1, 0.15) is 43.2 Å². The third-order valence-electron chi connectivity index (χ3n) is 6.32. The Kier molecular flexibility index (Phi) is 9.56. The van der Waals surface area contributed by atoms with Gasteiger partial charge in [0.25, 0.3) is 11.1 Å². The summed E-state index contributed by atoms with van der Waals surface area (Å²) in [7, 11) is -3.80. The van der Waals surface area contributed by atoms with Crippen LogP contribution in [0, 0.1) is 12.3 Å². The normalized spacial score (nSPS) is 31.1. The van der Waals surface area contributed by atoms with Crippen molar-refractivity contribution in [2.45, 2.75) is 49.1 Å². The maximum Gasteiger partial charge on any atom is 0.472 e. The summed E-state index contributed by atoms with van der Waals surface area (Å²) >= 11 is 0. The van der Waals surface area contributed by atoms with E-state index in [1.165, 1.54) is 7.11 Å². The van der Waals surface area contributed by atoms with Crippen LogP contribution in [-0.2, 0) is 32.6 Å². The standard InChI is InChI=1S/C22H27N4O14P/c1-3-8-36-17-15(30)12(39-19(17)25-6-4-13(28)23-21(25)31)10-37-41(33,34)40-16-11(9-27)38-20(18(16)35-2)26-7-5-14(29)24-22(26)32/h1,4-7,11-12,15-20,27,30H,8-10H2,2H3,(H,33,34)(H,23,28,31)(H,24,29,32)/t11-,12-,15-,16-,17-,18-,19-,20-/m1/s1. The quantitative estimate of drug-likeness (QED) is 0.125. The molecule has 19 heteroatoms. The van der Waals surface area contributed by atoms with Gasteiger partial charge in [-0.1, -0.05) is 5.92 Å². The number of H-pyrrole nitrogens is 2. The fourth-order valence-corrected chi connectivity index (χ4v) is 5.43. The van der Waals surface area contributed by atoms with Crippen LogP contribution in [0.5, 0.6) is 0 Å². The second-order valence-corrected chi connectivity index (χ2v) is 10.3. The van der Waals surface area contributed by atoms with Gasteiger partial charge in [-0.05, 0) is 0 Å². The van der Waals surface area contributed by atoms with Crippen molar-refractivity contribution in [2.75, 3.05) is 26.9 Å². The predicted octanol–water partition coefficient (Wildman–Crippen LogP) is -3.23. The molecule has 5 N–H and O–H groups in total. The van der Waals surface area contributed by atoms with Gasteiger partial charge in [-0.2, -0.15) is 0 Å². The van der Waals surface area contributed by atoms with E-state index in [9.17, 15) is 38.8 Å². The maximum atomic E-state index is 12.9. The summed E-state index contributed by atoms with van der Waals surface area (Å²) in [6, 6.07) is 2.08. The van der Waals surface area contributed by atoms with Crippen molar-refractivity contribution >= 4 is 7.82 Å². The highest BCUT2D eigenvalue weighted by atomic mass is 31.2. The van der Waals surface area contributed by atoms with Gasteiger partial charge in [0.2, 0.25) is 0 Å². The molecular weight excluding hydrogens is 575 g/mol. The van der Waals surface area contributed by atoms with Crippen LogP contribution in [0.1, 0.15) is 12.5 Å². The minimum atomic E-state index is -5.00. The van der Waals surface area contributed by atoms with E-state index in [2.05, 4.69) is 5.92 Å². The summed E-state index contributed by atoms with van der Waals surface area (Å²) in [6.07, 6.45) is -3.16. The smallest absolute Gasteiger partial charge is 0.394 e. The summed E-state index contributed by atoms with van der Waals surface area (Å²) in [5, 5.41) is 20.6. The van der Waals surface area contributed by atoms with Gasteiger partial charge < -0.3 is 34.1 Å². The van der Waals surface area contributed by atoms with E-state index in [1.807, 2.05) is 9.97 Å². The van der Waals surface area contributed by atoms with Crippen molar-refractivity contribution in [1.29, 1.82) is 0 Å². The number of aromatic nitrogens is 4. The van der Waals surface area contributed by atoms with Gasteiger partial charge in [-0.25, -0.2) is 14.2 Å². The molecule has 0 spiro atoms. The summed E-state index contributed by atoms with van der Waals surface area (Å²) in [5.74, 6) is 2.21. The van der Waals surface area contributed by atoms with E-state index < -0.39 is 92.6 Å². The highest BCUT2D eigenvalue weighted by molar-refractivity contribution is 7.47. The van der Waals surface area contributed by atoms with E-state index in [-0.39, 0.29) is 6.61 Å². The minimum absolute atomic E-state index is 0.281. The van der Waals surface area contributed by atoms with E-state index >= 15 is 0 Å². The number of hydrogen-bond acceptors (Lipinski definition) is 13. The SMILES string of the molecule is C#CCO[C@@H]1[C@H](O)[C@@H](COP(=O)(O)O[C@H]2[C@@H](OC)[C@H](n3ccc(=O)[nH]c3=O)O[C@@H]2CO)O[C@H]1n1ccc(=O)[nH]c1=O. The molecule has 0 bridgehead atoms. The number of methoxy groups -OCH3 is 1. The van der Waals surface area contributed by atoms with Crippen LogP contribution < -0.4 is 22.5 Å². The molecule has 4 rings (SSSR count). The van der Waals surface area contributed by atoms with Crippen LogP contribution in [0.15, 0.2) is 43.7 Å². The average molecular weight is 602 g/mol. The molecule has 0 amide bonds. The molecule has 0 aliphatic carbocycles. The third kappa shape index (κ3) is 6.66. The van der Waals surface area contributed by atoms with Gasteiger partial charge in [0, 0.05) is 31.6 Å². The Morgan fingerprint density at radius 3 is 2.07 bits per heavy atom. The molecule has 2 saturated heterocycles. The Balaban J connectivity index is 1.49. The lowest BCUT2D eigenvalue weighted by Gasteiger charge is -2.25. The van der Waals surface area contributed by atoms with Crippen LogP contribution in [0.3, 0.4) is 0 Å². The number of ether oxygens (including phenoxy) is 4. The number of aliphatic hydroxyl groups is 2. The Morgan fingerprint density at radius 2 is 1.56 bits per heavy atom. The van der Waals surface area contributed by atoms with Crippen molar-refractivity contribution in [3.63, 3.8) is 0 Å². The molecule has 2 aliphatic rings. The molecule has 18 nitrogen and oxygen atoms in total. The first-order chi connectivity index (χ1) is 19.5. The summed E-state index contributed by atoms with van der Waals surface area (Å²) in [5.41, 5.74) is -3.09. The summed E-state index contributed by atoms with van der Waals surface area (Å²) in [6.45, 7) is -1.75. The van der Waals surface area contributed by atoms with Gasteiger partial charge >= 0.3 is 19.2 Å². The van der Waals surface area contributed by atoms with Gasteiger partial charge in [0.05, 0.1) is 13.2 Å². The molecule has 1 unspecified atom stereocenters. The highest BCUT2D eigenvalue weighted by Crippen LogP contribution is 2.49. The second-order valence-electron chi connectivity index (χ2n) is 8.85. The molecule has 224 valence electrons. The Morgan fingerprint density at radius 1 is 1.00 bits per heavy atom. The zero-order valence-electron chi connectivity index (χ0n) is 21.3. The first-order valence-electron chi connectivity index (χ1n) is 12.0. The lowest BCUT2D eigenvalue weighted by Crippen LogP contribution is -2.40. The van der Waals surface area contributed by atoms with Crippen molar-refractivity contribution in [2.24, 2.45) is 0 Å². The van der Waals surface area contributed by atoms with Gasteiger partial charge in [-0.3, -0.25) is 37.7 Å². The van der Waals surface area contributed by atoms with Crippen molar-refractivity contribution in [3.8, 4) is 12.3 Å². The Hall–Kier alpha value is -3.21. The van der Waals surface area contributed by atoms with Crippen LogP contribution in [0.4, 0.5) is 0 Å². The molecule has 0 aromatic carbocycles. The van der Waals surface area contributed by atoms with Crippen LogP contribution in [0.25, 0.3) is 0 Å². The molecule has 2 aliphatic heterocycles. The predicted molar refractivity (Wildman–Crippen MR) is 134 cm³/mol. The number of terminal acetylenes is 1. The molecule has 4 heterocycles. The van der Waals surface area contributed by atoms with Crippen LogP contribution in [-0.4, -0.2) is 97.8 Å². The number of phosphoric acid groups is 1. The number of nitrogens with one attached hydrogen (secondary N) is 2. The van der Waals surface area contributed by atoms with E-state index in [1.54, 1.807) is 0 Å². The summed E-state index contributed by atoms with van der Waals surface area (Å²) < 4.78 is 47.1.